The molecular weight excluding hydrogens is 366 g/mol. The van der Waals surface area contributed by atoms with Gasteiger partial charge in [0, 0.05) is 0 Å². The Balaban J connectivity index is 1.83. The molecule has 7 heteroatoms. The number of amides is 1. The van der Waals surface area contributed by atoms with Crippen molar-refractivity contribution in [3.05, 3.63) is 48.0 Å². The topological polar surface area (TPSA) is 72.9 Å². The van der Waals surface area contributed by atoms with E-state index in [1.54, 1.807) is 37.4 Å². The molecule has 0 saturated heterocycles. The van der Waals surface area contributed by atoms with Gasteiger partial charge in [0.05, 0.1) is 25.9 Å². The van der Waals surface area contributed by atoms with Gasteiger partial charge in [-0.05, 0) is 42.2 Å². The van der Waals surface area contributed by atoms with Crippen molar-refractivity contribution in [2.75, 3.05) is 18.6 Å². The zero-order valence-corrected chi connectivity index (χ0v) is 16.5. The second-order valence-electron chi connectivity index (χ2n) is 6.84. The van der Waals surface area contributed by atoms with Crippen LogP contribution in [0.3, 0.4) is 0 Å². The molecule has 0 bridgehead atoms. The monoisotopic (exact) mass is 389 g/mol. The van der Waals surface area contributed by atoms with Gasteiger partial charge in [-0.3, -0.25) is 9.69 Å². The van der Waals surface area contributed by atoms with E-state index in [2.05, 4.69) is 13.8 Å². The van der Waals surface area contributed by atoms with Crippen LogP contribution in [0.15, 0.2) is 47.4 Å². The van der Waals surface area contributed by atoms with Gasteiger partial charge in [-0.2, -0.15) is 0 Å². The minimum absolute atomic E-state index is 0.0515. The molecule has 27 heavy (non-hydrogen) atoms. The predicted octanol–water partition coefficient (Wildman–Crippen LogP) is 4.03. The van der Waals surface area contributed by atoms with Crippen LogP contribution in [0, 0.1) is 5.92 Å². The van der Waals surface area contributed by atoms with E-state index < -0.39 is 15.1 Å². The van der Waals surface area contributed by atoms with Crippen LogP contribution in [0.1, 0.15) is 25.8 Å². The molecule has 0 radical (unpaired) electrons. The predicted molar refractivity (Wildman–Crippen MR) is 103 cm³/mol. The van der Waals surface area contributed by atoms with Gasteiger partial charge in [-0.15, -0.1) is 0 Å². The lowest BCUT2D eigenvalue weighted by Gasteiger charge is -2.17. The lowest BCUT2D eigenvalue weighted by molar-refractivity contribution is 0.263. The SMILES string of the molecule is COc1cc(CN2C(=O)S(=O)(=O)c3ccccc32)ccc1OCCC(C)C. The maximum atomic E-state index is 12.4. The Morgan fingerprint density at radius 1 is 1.07 bits per heavy atom. The molecule has 0 unspecified atom stereocenters. The average Bonchev–Trinajstić information content (AvgIpc) is 2.83. The van der Waals surface area contributed by atoms with E-state index in [0.29, 0.717) is 29.7 Å². The molecule has 1 heterocycles. The van der Waals surface area contributed by atoms with E-state index in [4.69, 9.17) is 9.47 Å². The third kappa shape index (κ3) is 3.78. The highest BCUT2D eigenvalue weighted by molar-refractivity contribution is 8.07. The number of fused-ring (bicyclic) bond motifs is 1. The first-order valence-corrected chi connectivity index (χ1v) is 10.3. The number of hydrogen-bond acceptors (Lipinski definition) is 5. The molecule has 0 fully saturated rings. The normalized spacial score (nSPS) is 15.1. The number of sulfone groups is 1. The van der Waals surface area contributed by atoms with Crippen LogP contribution in [0.2, 0.25) is 0 Å². The van der Waals surface area contributed by atoms with Crippen molar-refractivity contribution in [1.82, 2.24) is 0 Å². The number of anilines is 1. The van der Waals surface area contributed by atoms with Crippen LogP contribution in [-0.4, -0.2) is 27.4 Å². The molecule has 6 nitrogen and oxygen atoms in total. The number of benzene rings is 2. The van der Waals surface area contributed by atoms with E-state index in [0.717, 1.165) is 12.0 Å². The van der Waals surface area contributed by atoms with Crippen LogP contribution < -0.4 is 14.4 Å². The van der Waals surface area contributed by atoms with Crippen molar-refractivity contribution < 1.29 is 22.7 Å². The summed E-state index contributed by atoms with van der Waals surface area (Å²) in [5.41, 5.74) is 1.15. The van der Waals surface area contributed by atoms with Gasteiger partial charge in [0.2, 0.25) is 0 Å². The van der Waals surface area contributed by atoms with Crippen molar-refractivity contribution in [2.45, 2.75) is 31.7 Å². The summed E-state index contributed by atoms with van der Waals surface area (Å²) in [6.07, 6.45) is 0.932. The molecule has 2 aromatic carbocycles. The van der Waals surface area contributed by atoms with Gasteiger partial charge >= 0.3 is 5.24 Å². The van der Waals surface area contributed by atoms with E-state index >= 15 is 0 Å². The minimum atomic E-state index is -3.97. The Hall–Kier alpha value is -2.54. The highest BCUT2D eigenvalue weighted by Crippen LogP contribution is 2.37. The second kappa shape index (κ2) is 7.60. The van der Waals surface area contributed by atoms with Gasteiger partial charge in [-0.1, -0.05) is 32.0 Å². The van der Waals surface area contributed by atoms with Crippen LogP contribution in [0.5, 0.6) is 11.5 Å². The highest BCUT2D eigenvalue weighted by atomic mass is 32.2. The first-order valence-electron chi connectivity index (χ1n) is 8.80. The molecule has 0 N–H and O–H groups in total. The summed E-state index contributed by atoms with van der Waals surface area (Å²) >= 11 is 0. The first kappa shape index (κ1) is 19.2. The van der Waals surface area contributed by atoms with E-state index in [-0.39, 0.29) is 11.4 Å². The molecule has 0 aliphatic carbocycles. The second-order valence-corrected chi connectivity index (χ2v) is 8.64. The largest absolute Gasteiger partial charge is 0.493 e. The Kier molecular flexibility index (Phi) is 5.41. The van der Waals surface area contributed by atoms with Crippen molar-refractivity contribution in [3.8, 4) is 11.5 Å². The fourth-order valence-corrected chi connectivity index (χ4v) is 4.26. The third-order valence-electron chi connectivity index (χ3n) is 4.42. The maximum absolute atomic E-state index is 12.4. The van der Waals surface area contributed by atoms with Crippen molar-refractivity contribution in [2.24, 2.45) is 5.92 Å². The smallest absolute Gasteiger partial charge is 0.348 e. The lowest BCUT2D eigenvalue weighted by atomic mass is 10.1. The standard InChI is InChI=1S/C20H23NO5S/c1-14(2)10-11-26-17-9-8-15(12-18(17)25-3)13-21-16-6-4-5-7-19(16)27(23,24)20(21)22/h4-9,12,14H,10-11,13H2,1-3H3. The zero-order chi connectivity index (χ0) is 19.6. The number of nitrogens with zero attached hydrogens (tertiary/aromatic N) is 1. The van der Waals surface area contributed by atoms with Gasteiger partial charge in [0.1, 0.15) is 4.90 Å². The van der Waals surface area contributed by atoms with Crippen molar-refractivity contribution in [3.63, 3.8) is 0 Å². The Morgan fingerprint density at radius 3 is 2.52 bits per heavy atom. The summed E-state index contributed by atoms with van der Waals surface area (Å²) in [5, 5.41) is -0.903. The number of carbonyl (C=O) groups excluding carboxylic acids is 1. The third-order valence-corrected chi connectivity index (χ3v) is 6.02. The van der Waals surface area contributed by atoms with Crippen LogP contribution >= 0.6 is 0 Å². The summed E-state index contributed by atoms with van der Waals surface area (Å²) in [4.78, 5) is 13.7. The van der Waals surface area contributed by atoms with Crippen molar-refractivity contribution >= 4 is 20.8 Å². The molecule has 1 amide bonds. The maximum Gasteiger partial charge on any atom is 0.348 e. The number of ether oxygens (including phenoxy) is 2. The number of rotatable bonds is 7. The summed E-state index contributed by atoms with van der Waals surface area (Å²) in [6, 6.07) is 11.8. The summed E-state index contributed by atoms with van der Waals surface area (Å²) < 4.78 is 35.8. The Morgan fingerprint density at radius 2 is 1.81 bits per heavy atom. The number of hydrogen-bond donors (Lipinski definition) is 0. The molecular formula is C20H23NO5S. The first-order chi connectivity index (χ1) is 12.8. The minimum Gasteiger partial charge on any atom is -0.493 e. The molecule has 144 valence electrons. The van der Waals surface area contributed by atoms with Crippen LogP contribution in [0.4, 0.5) is 10.5 Å². The fourth-order valence-electron chi connectivity index (χ4n) is 2.91. The molecule has 1 aliphatic heterocycles. The van der Waals surface area contributed by atoms with E-state index in [1.807, 2.05) is 6.07 Å². The Bertz CT molecular complexity index is 953. The number of carbonyl (C=O) groups is 1. The van der Waals surface area contributed by atoms with Gasteiger partial charge in [0.25, 0.3) is 9.84 Å². The van der Waals surface area contributed by atoms with Gasteiger partial charge in [-0.25, -0.2) is 8.42 Å². The van der Waals surface area contributed by atoms with Crippen molar-refractivity contribution in [1.29, 1.82) is 0 Å². The molecule has 1 aliphatic rings. The number of methoxy groups -OCH3 is 1. The van der Waals surface area contributed by atoms with Gasteiger partial charge in [0.15, 0.2) is 11.5 Å². The lowest BCUT2D eigenvalue weighted by Crippen LogP contribution is -2.28. The average molecular weight is 389 g/mol. The highest BCUT2D eigenvalue weighted by Gasteiger charge is 2.41. The fraction of sp³-hybridized carbons (Fsp3) is 0.350. The molecule has 3 rings (SSSR count). The Labute approximate surface area is 159 Å². The molecule has 0 spiro atoms. The van der Waals surface area contributed by atoms with Crippen LogP contribution in [-0.2, 0) is 16.4 Å². The zero-order valence-electron chi connectivity index (χ0n) is 15.6. The quantitative estimate of drug-likeness (QED) is 0.715. The van der Waals surface area contributed by atoms with Crippen LogP contribution in [0.25, 0.3) is 0 Å². The molecule has 0 aromatic heterocycles. The van der Waals surface area contributed by atoms with Gasteiger partial charge < -0.3 is 9.47 Å². The van der Waals surface area contributed by atoms with E-state index in [9.17, 15) is 13.2 Å². The summed E-state index contributed by atoms with van der Waals surface area (Å²) in [6.45, 7) is 4.98. The molecule has 2 aromatic rings. The molecule has 0 saturated carbocycles. The molecule has 0 atom stereocenters. The summed E-state index contributed by atoms with van der Waals surface area (Å²) in [7, 11) is -2.42. The number of para-hydroxylation sites is 1. The summed E-state index contributed by atoms with van der Waals surface area (Å²) in [5.74, 6) is 1.72. The van der Waals surface area contributed by atoms with E-state index in [1.165, 1.54) is 11.0 Å².